The summed E-state index contributed by atoms with van der Waals surface area (Å²) in [6.07, 6.45) is 2.56. The van der Waals surface area contributed by atoms with Gasteiger partial charge in [-0.3, -0.25) is 4.98 Å². The van der Waals surface area contributed by atoms with E-state index in [0.29, 0.717) is 16.1 Å². The second kappa shape index (κ2) is 5.78. The fourth-order valence-electron chi connectivity index (χ4n) is 1.62. The summed E-state index contributed by atoms with van der Waals surface area (Å²) < 4.78 is 14.4. The van der Waals surface area contributed by atoms with Crippen LogP contribution < -0.4 is 0 Å². The number of rotatable bonds is 3. The number of aliphatic hydroxyl groups is 1. The summed E-state index contributed by atoms with van der Waals surface area (Å²) in [5, 5.41) is 10.4. The molecule has 0 bridgehead atoms. The highest BCUT2D eigenvalue weighted by molar-refractivity contribution is 9.10. The first-order valence-electron chi connectivity index (χ1n) is 5.28. The van der Waals surface area contributed by atoms with Crippen LogP contribution in [0.4, 0.5) is 4.39 Å². The van der Waals surface area contributed by atoms with Gasteiger partial charge in [0, 0.05) is 33.9 Å². The molecule has 94 valence electrons. The Kier molecular flexibility index (Phi) is 4.32. The van der Waals surface area contributed by atoms with Crippen molar-refractivity contribution in [3.05, 3.63) is 63.1 Å². The van der Waals surface area contributed by atoms with Gasteiger partial charge in [-0.25, -0.2) is 4.39 Å². The first kappa shape index (κ1) is 13.5. The fourth-order valence-corrected chi connectivity index (χ4v) is 2.17. The molecule has 1 atom stereocenters. The minimum atomic E-state index is -0.800. The number of hydrogen-bond acceptors (Lipinski definition) is 2. The lowest BCUT2D eigenvalue weighted by Gasteiger charge is -2.11. The molecule has 18 heavy (non-hydrogen) atoms. The minimum Gasteiger partial charge on any atom is -0.388 e. The molecule has 0 aliphatic rings. The summed E-state index contributed by atoms with van der Waals surface area (Å²) in [7, 11) is 0. The Morgan fingerprint density at radius 2 is 2.11 bits per heavy atom. The van der Waals surface area contributed by atoms with Gasteiger partial charge in [-0.1, -0.05) is 17.7 Å². The summed E-state index contributed by atoms with van der Waals surface area (Å²) in [4.78, 5) is 3.96. The lowest BCUT2D eigenvalue weighted by molar-refractivity contribution is 0.176. The predicted octanol–water partition coefficient (Wildman–Crippen LogP) is 3.91. The summed E-state index contributed by atoms with van der Waals surface area (Å²) in [6, 6.07) is 6.17. The molecule has 2 nitrogen and oxygen atoms in total. The molecule has 0 saturated heterocycles. The van der Waals surface area contributed by atoms with Gasteiger partial charge in [0.05, 0.1) is 6.10 Å². The molecular formula is C13H10BrClFNO. The van der Waals surface area contributed by atoms with Crippen LogP contribution >= 0.6 is 27.5 Å². The zero-order valence-electron chi connectivity index (χ0n) is 9.28. The number of nitrogens with zero attached hydrogens (tertiary/aromatic N) is 1. The van der Waals surface area contributed by atoms with Gasteiger partial charge in [-0.15, -0.1) is 0 Å². The Bertz CT molecular complexity index is 564. The molecule has 0 saturated carbocycles. The normalized spacial score (nSPS) is 12.4. The van der Waals surface area contributed by atoms with Gasteiger partial charge in [0.15, 0.2) is 0 Å². The van der Waals surface area contributed by atoms with Crippen LogP contribution in [0.3, 0.4) is 0 Å². The Morgan fingerprint density at radius 3 is 2.78 bits per heavy atom. The van der Waals surface area contributed by atoms with E-state index in [0.717, 1.165) is 4.47 Å². The Hall–Kier alpha value is -0.970. The topological polar surface area (TPSA) is 33.1 Å². The monoisotopic (exact) mass is 329 g/mol. The second-order valence-electron chi connectivity index (χ2n) is 3.89. The Labute approximate surface area is 118 Å². The zero-order chi connectivity index (χ0) is 13.1. The van der Waals surface area contributed by atoms with Crippen molar-refractivity contribution in [3.8, 4) is 0 Å². The van der Waals surface area contributed by atoms with Crippen LogP contribution in [0.15, 0.2) is 41.1 Å². The lowest BCUT2D eigenvalue weighted by Crippen LogP contribution is -2.04. The molecule has 0 spiro atoms. The highest BCUT2D eigenvalue weighted by atomic mass is 79.9. The third kappa shape index (κ3) is 3.28. The number of aliphatic hydroxyl groups excluding tert-OH is 1. The maximum absolute atomic E-state index is 13.6. The van der Waals surface area contributed by atoms with Gasteiger partial charge in [-0.2, -0.15) is 0 Å². The molecule has 1 heterocycles. The van der Waals surface area contributed by atoms with Crippen LogP contribution in [-0.2, 0) is 6.42 Å². The molecule has 0 radical (unpaired) electrons. The van der Waals surface area contributed by atoms with E-state index >= 15 is 0 Å². The van der Waals surface area contributed by atoms with Crippen LogP contribution in [0.25, 0.3) is 0 Å². The van der Waals surface area contributed by atoms with E-state index in [1.807, 2.05) is 0 Å². The summed E-state index contributed by atoms with van der Waals surface area (Å²) in [5.74, 6) is -0.412. The second-order valence-corrected chi connectivity index (χ2v) is 5.24. The largest absolute Gasteiger partial charge is 0.388 e. The van der Waals surface area contributed by atoms with E-state index in [2.05, 4.69) is 20.9 Å². The SMILES string of the molecule is OC(Cc1ccc(Cl)cc1F)c1cncc(Br)c1. The first-order chi connectivity index (χ1) is 8.56. The van der Waals surface area contributed by atoms with Crippen LogP contribution in [0, 0.1) is 5.82 Å². The Balaban J connectivity index is 2.18. The number of halogens is 3. The van der Waals surface area contributed by atoms with Crippen molar-refractivity contribution in [2.24, 2.45) is 0 Å². The van der Waals surface area contributed by atoms with Crippen molar-refractivity contribution in [2.45, 2.75) is 12.5 Å². The maximum atomic E-state index is 13.6. The van der Waals surface area contributed by atoms with Gasteiger partial charge in [0.2, 0.25) is 0 Å². The van der Waals surface area contributed by atoms with E-state index in [-0.39, 0.29) is 6.42 Å². The maximum Gasteiger partial charge on any atom is 0.127 e. The van der Waals surface area contributed by atoms with Crippen molar-refractivity contribution in [1.29, 1.82) is 0 Å². The molecular weight excluding hydrogens is 321 g/mol. The van der Waals surface area contributed by atoms with E-state index in [4.69, 9.17) is 11.6 Å². The van der Waals surface area contributed by atoms with Crippen molar-refractivity contribution >= 4 is 27.5 Å². The first-order valence-corrected chi connectivity index (χ1v) is 6.46. The minimum absolute atomic E-state index is 0.182. The number of aromatic nitrogens is 1. The van der Waals surface area contributed by atoms with Gasteiger partial charge in [0.1, 0.15) is 5.82 Å². The molecule has 0 fully saturated rings. The summed E-state index contributed by atoms with van der Waals surface area (Å²) in [6.45, 7) is 0. The van der Waals surface area contributed by atoms with Gasteiger partial charge in [-0.05, 0) is 39.7 Å². The fraction of sp³-hybridized carbons (Fsp3) is 0.154. The summed E-state index contributed by atoms with van der Waals surface area (Å²) >= 11 is 8.95. The van der Waals surface area contributed by atoms with E-state index in [1.54, 1.807) is 30.6 Å². The average Bonchev–Trinajstić information content (AvgIpc) is 2.32. The van der Waals surface area contributed by atoms with Gasteiger partial charge < -0.3 is 5.11 Å². The summed E-state index contributed by atoms with van der Waals surface area (Å²) in [5.41, 5.74) is 1.06. The van der Waals surface area contributed by atoms with Crippen LogP contribution in [0.5, 0.6) is 0 Å². The molecule has 0 aliphatic heterocycles. The Morgan fingerprint density at radius 1 is 1.33 bits per heavy atom. The predicted molar refractivity (Wildman–Crippen MR) is 72.0 cm³/mol. The molecule has 1 aromatic carbocycles. The molecule has 5 heteroatoms. The third-order valence-corrected chi connectivity index (χ3v) is 3.21. The van der Waals surface area contributed by atoms with Gasteiger partial charge >= 0.3 is 0 Å². The van der Waals surface area contributed by atoms with Gasteiger partial charge in [0.25, 0.3) is 0 Å². The van der Waals surface area contributed by atoms with Crippen LogP contribution in [0.2, 0.25) is 5.02 Å². The van der Waals surface area contributed by atoms with Crippen molar-refractivity contribution in [1.82, 2.24) is 4.98 Å². The standard InChI is InChI=1S/C13H10BrClFNO/c14-10-3-9(6-17-7-10)13(18)4-8-1-2-11(15)5-12(8)16/h1-3,5-7,13,18H,4H2. The molecule has 1 N–H and O–H groups in total. The quantitative estimate of drug-likeness (QED) is 0.925. The average molecular weight is 331 g/mol. The lowest BCUT2D eigenvalue weighted by atomic mass is 10.0. The van der Waals surface area contributed by atoms with Crippen molar-refractivity contribution in [3.63, 3.8) is 0 Å². The van der Waals surface area contributed by atoms with E-state index in [1.165, 1.54) is 6.07 Å². The molecule has 0 aliphatic carbocycles. The molecule has 1 unspecified atom stereocenters. The zero-order valence-corrected chi connectivity index (χ0v) is 11.6. The molecule has 2 rings (SSSR count). The number of hydrogen-bond donors (Lipinski definition) is 1. The van der Waals surface area contributed by atoms with E-state index in [9.17, 15) is 9.50 Å². The highest BCUT2D eigenvalue weighted by Gasteiger charge is 2.12. The number of pyridine rings is 1. The highest BCUT2D eigenvalue weighted by Crippen LogP contribution is 2.23. The molecule has 0 amide bonds. The van der Waals surface area contributed by atoms with Crippen molar-refractivity contribution in [2.75, 3.05) is 0 Å². The third-order valence-electron chi connectivity index (χ3n) is 2.54. The number of benzene rings is 1. The molecule has 1 aromatic heterocycles. The smallest absolute Gasteiger partial charge is 0.127 e. The van der Waals surface area contributed by atoms with Crippen LogP contribution in [0.1, 0.15) is 17.2 Å². The van der Waals surface area contributed by atoms with E-state index < -0.39 is 11.9 Å². The van der Waals surface area contributed by atoms with Crippen molar-refractivity contribution < 1.29 is 9.50 Å². The van der Waals surface area contributed by atoms with Crippen LogP contribution in [-0.4, -0.2) is 10.1 Å². The molecule has 2 aromatic rings.